The maximum absolute atomic E-state index is 6.13. The zero-order valence-electron chi connectivity index (χ0n) is 14.8. The fourth-order valence-corrected chi connectivity index (χ4v) is 2.90. The lowest BCUT2D eigenvalue weighted by atomic mass is 10.1. The Hall–Kier alpha value is -3.17. The van der Waals surface area contributed by atoms with Crippen LogP contribution in [0.25, 0.3) is 28.6 Å². The summed E-state index contributed by atoms with van der Waals surface area (Å²) in [6.45, 7) is 2.06. The molecule has 0 aliphatic rings. The van der Waals surface area contributed by atoms with Gasteiger partial charge in [-0.1, -0.05) is 53.6 Å². The molecule has 4 rings (SSSR count). The summed E-state index contributed by atoms with van der Waals surface area (Å²) in [7, 11) is 0. The molecule has 0 saturated carbocycles. The molecule has 0 aliphatic carbocycles. The number of aromatic nitrogens is 1. The van der Waals surface area contributed by atoms with Crippen molar-refractivity contribution in [2.24, 2.45) is 4.99 Å². The van der Waals surface area contributed by atoms with Crippen molar-refractivity contribution in [3.63, 3.8) is 0 Å². The van der Waals surface area contributed by atoms with Gasteiger partial charge in [0.2, 0.25) is 5.89 Å². The second-order valence-electron chi connectivity index (χ2n) is 6.20. The minimum Gasteiger partial charge on any atom is -0.436 e. The summed E-state index contributed by atoms with van der Waals surface area (Å²) in [6.07, 6.45) is 5.54. The Morgan fingerprint density at radius 3 is 2.63 bits per heavy atom. The smallest absolute Gasteiger partial charge is 0.227 e. The number of aryl methyl sites for hydroxylation is 1. The largest absolute Gasteiger partial charge is 0.436 e. The van der Waals surface area contributed by atoms with Gasteiger partial charge < -0.3 is 4.42 Å². The third-order valence-corrected chi connectivity index (χ3v) is 4.50. The lowest BCUT2D eigenvalue weighted by Crippen LogP contribution is -1.77. The van der Waals surface area contributed by atoms with Gasteiger partial charge in [0.05, 0.1) is 5.69 Å². The van der Waals surface area contributed by atoms with Crippen LogP contribution in [0.4, 0.5) is 5.69 Å². The van der Waals surface area contributed by atoms with E-state index in [0.29, 0.717) is 5.89 Å². The van der Waals surface area contributed by atoms with E-state index < -0.39 is 0 Å². The van der Waals surface area contributed by atoms with E-state index in [4.69, 9.17) is 16.0 Å². The molecule has 0 unspecified atom stereocenters. The van der Waals surface area contributed by atoms with Gasteiger partial charge in [0.15, 0.2) is 5.58 Å². The Kier molecular flexibility index (Phi) is 4.86. The molecule has 0 bridgehead atoms. The van der Waals surface area contributed by atoms with Gasteiger partial charge in [0.25, 0.3) is 0 Å². The quantitative estimate of drug-likeness (QED) is 0.366. The molecule has 1 heterocycles. The van der Waals surface area contributed by atoms with E-state index in [2.05, 4.69) is 16.9 Å². The monoisotopic (exact) mass is 372 g/mol. The molecule has 3 aromatic carbocycles. The molecule has 0 amide bonds. The fraction of sp³-hybridized carbons (Fsp3) is 0.0435. The van der Waals surface area contributed by atoms with E-state index in [1.807, 2.05) is 78.9 Å². The van der Waals surface area contributed by atoms with Crippen LogP contribution in [0.2, 0.25) is 5.02 Å². The van der Waals surface area contributed by atoms with E-state index in [1.54, 1.807) is 6.21 Å². The first-order valence-corrected chi connectivity index (χ1v) is 9.00. The molecule has 4 heteroatoms. The highest BCUT2D eigenvalue weighted by Crippen LogP contribution is 2.27. The summed E-state index contributed by atoms with van der Waals surface area (Å²) in [4.78, 5) is 9.04. The number of hydrogen-bond acceptors (Lipinski definition) is 3. The van der Waals surface area contributed by atoms with Gasteiger partial charge in [-0.3, -0.25) is 4.99 Å². The summed E-state index contributed by atoms with van der Waals surface area (Å²) < 4.78 is 5.85. The number of hydrogen-bond donors (Lipinski definition) is 0. The van der Waals surface area contributed by atoms with E-state index in [9.17, 15) is 0 Å². The van der Waals surface area contributed by atoms with Gasteiger partial charge >= 0.3 is 0 Å². The molecule has 0 radical (unpaired) electrons. The summed E-state index contributed by atoms with van der Waals surface area (Å²) >= 11 is 6.13. The molecule has 0 N–H and O–H groups in total. The third kappa shape index (κ3) is 3.99. The molecule has 132 valence electrons. The Balaban J connectivity index is 1.55. The SMILES string of the molecule is Cc1ccc(-c2nc3cc(N=CC=Cc4ccccc4Cl)ccc3o2)cc1. The maximum Gasteiger partial charge on any atom is 0.227 e. The van der Waals surface area contributed by atoms with Gasteiger partial charge in [-0.25, -0.2) is 4.98 Å². The van der Waals surface area contributed by atoms with Crippen LogP contribution in [0.3, 0.4) is 0 Å². The van der Waals surface area contributed by atoms with Crippen molar-refractivity contribution in [1.82, 2.24) is 4.98 Å². The molecule has 0 fully saturated rings. The van der Waals surface area contributed by atoms with Gasteiger partial charge in [-0.05, 0) is 55.0 Å². The molecule has 0 saturated heterocycles. The first kappa shape index (κ1) is 17.3. The van der Waals surface area contributed by atoms with Crippen molar-refractivity contribution < 1.29 is 4.42 Å². The number of allylic oxidation sites excluding steroid dienone is 1. The molecule has 0 atom stereocenters. The normalized spacial score (nSPS) is 11.8. The Morgan fingerprint density at radius 2 is 1.81 bits per heavy atom. The fourth-order valence-electron chi connectivity index (χ4n) is 2.70. The van der Waals surface area contributed by atoms with Crippen molar-refractivity contribution >= 4 is 40.7 Å². The highest BCUT2D eigenvalue weighted by molar-refractivity contribution is 6.32. The van der Waals surface area contributed by atoms with Crippen LogP contribution in [-0.2, 0) is 0 Å². The lowest BCUT2D eigenvalue weighted by molar-refractivity contribution is 0.620. The first-order chi connectivity index (χ1) is 13.2. The summed E-state index contributed by atoms with van der Waals surface area (Å²) in [5.74, 6) is 0.616. The van der Waals surface area contributed by atoms with Crippen LogP contribution >= 0.6 is 11.6 Å². The predicted molar refractivity (Wildman–Crippen MR) is 113 cm³/mol. The molecule has 0 spiro atoms. The Labute approximate surface area is 162 Å². The lowest BCUT2D eigenvalue weighted by Gasteiger charge is -1.95. The van der Waals surface area contributed by atoms with Crippen LogP contribution in [0.15, 0.2) is 82.2 Å². The maximum atomic E-state index is 6.13. The molecular formula is C23H17ClN2O. The number of rotatable bonds is 4. The van der Waals surface area contributed by atoms with E-state index >= 15 is 0 Å². The summed E-state index contributed by atoms with van der Waals surface area (Å²) in [5, 5.41) is 0.717. The van der Waals surface area contributed by atoms with Crippen LogP contribution in [0.5, 0.6) is 0 Å². The van der Waals surface area contributed by atoms with Crippen molar-refractivity contribution in [3.8, 4) is 11.5 Å². The van der Waals surface area contributed by atoms with Gasteiger partial charge in [0.1, 0.15) is 5.52 Å². The Bertz CT molecular complexity index is 1140. The number of halogens is 1. The van der Waals surface area contributed by atoms with Gasteiger partial charge in [0, 0.05) is 16.8 Å². The molecule has 1 aromatic heterocycles. The first-order valence-electron chi connectivity index (χ1n) is 8.62. The van der Waals surface area contributed by atoms with Crippen LogP contribution < -0.4 is 0 Å². The van der Waals surface area contributed by atoms with Gasteiger partial charge in [-0.15, -0.1) is 0 Å². The van der Waals surface area contributed by atoms with Crippen molar-refractivity contribution in [2.45, 2.75) is 6.92 Å². The standard InChI is InChI=1S/C23H17ClN2O/c1-16-8-10-18(11-9-16)23-26-21-15-19(12-13-22(21)27-23)25-14-4-6-17-5-2-3-7-20(17)24/h2-15H,1H3. The van der Waals surface area contributed by atoms with Crippen LogP contribution in [-0.4, -0.2) is 11.2 Å². The highest BCUT2D eigenvalue weighted by atomic mass is 35.5. The number of fused-ring (bicyclic) bond motifs is 1. The summed E-state index contributed by atoms with van der Waals surface area (Å²) in [5.41, 5.74) is 5.47. The number of nitrogens with zero attached hydrogens (tertiary/aromatic N) is 2. The van der Waals surface area contributed by atoms with Crippen molar-refractivity contribution in [1.29, 1.82) is 0 Å². The average molecular weight is 373 g/mol. The van der Waals surface area contributed by atoms with E-state index in [0.717, 1.165) is 32.9 Å². The van der Waals surface area contributed by atoms with Crippen LogP contribution in [0.1, 0.15) is 11.1 Å². The second-order valence-corrected chi connectivity index (χ2v) is 6.60. The zero-order chi connectivity index (χ0) is 18.6. The number of aliphatic imine (C=N–C) groups is 1. The third-order valence-electron chi connectivity index (χ3n) is 4.16. The van der Waals surface area contributed by atoms with E-state index in [1.165, 1.54) is 5.56 Å². The minimum absolute atomic E-state index is 0.616. The number of oxazole rings is 1. The highest BCUT2D eigenvalue weighted by Gasteiger charge is 2.08. The molecule has 3 nitrogen and oxygen atoms in total. The molecule has 27 heavy (non-hydrogen) atoms. The Morgan fingerprint density at radius 1 is 1.00 bits per heavy atom. The number of benzene rings is 3. The van der Waals surface area contributed by atoms with E-state index in [-0.39, 0.29) is 0 Å². The summed E-state index contributed by atoms with van der Waals surface area (Å²) in [6, 6.07) is 21.5. The van der Waals surface area contributed by atoms with Crippen molar-refractivity contribution in [2.75, 3.05) is 0 Å². The molecular weight excluding hydrogens is 356 g/mol. The second kappa shape index (κ2) is 7.60. The topological polar surface area (TPSA) is 38.4 Å². The van der Waals surface area contributed by atoms with Crippen molar-refractivity contribution in [3.05, 3.63) is 89.0 Å². The van der Waals surface area contributed by atoms with Crippen LogP contribution in [0, 0.1) is 6.92 Å². The molecule has 4 aromatic rings. The average Bonchev–Trinajstić information content (AvgIpc) is 3.10. The van der Waals surface area contributed by atoms with Gasteiger partial charge in [-0.2, -0.15) is 0 Å². The molecule has 0 aliphatic heterocycles. The predicted octanol–water partition coefficient (Wildman–Crippen LogP) is 6.87. The zero-order valence-corrected chi connectivity index (χ0v) is 15.5. The minimum atomic E-state index is 0.616.